The minimum Gasteiger partial charge on any atom is -0.280 e. The van der Waals surface area contributed by atoms with E-state index in [1.165, 1.54) is 6.07 Å². The van der Waals surface area contributed by atoms with Crippen molar-refractivity contribution in [1.29, 1.82) is 0 Å². The largest absolute Gasteiger partial charge is 0.433 e. The number of H-pyrrole nitrogens is 1. The zero-order chi connectivity index (χ0) is 16.4. The standard InChI is InChI=1S/C12H13F3N4O2S/c1-2-3-8-6-11(18-17-8)19-22(20,21)9-4-5-10(16-7-9)12(13,14)15/h4-7H,2-3H2,1H3,(H2,17,18,19). The number of aromatic amines is 1. The Labute approximate surface area is 124 Å². The molecule has 10 heteroatoms. The zero-order valence-corrected chi connectivity index (χ0v) is 12.3. The summed E-state index contributed by atoms with van der Waals surface area (Å²) in [5.74, 6) is 0.0725. The highest BCUT2D eigenvalue weighted by atomic mass is 32.2. The van der Waals surface area contributed by atoms with E-state index in [9.17, 15) is 21.6 Å². The lowest BCUT2D eigenvalue weighted by atomic mass is 10.2. The van der Waals surface area contributed by atoms with E-state index in [1.54, 1.807) is 0 Å². The Hall–Kier alpha value is -2.10. The summed E-state index contributed by atoms with van der Waals surface area (Å²) in [6.07, 6.45) is -2.40. The molecule has 0 fully saturated rings. The molecule has 0 radical (unpaired) electrons. The van der Waals surface area contributed by atoms with Crippen molar-refractivity contribution in [3.8, 4) is 0 Å². The maximum atomic E-state index is 12.4. The molecule has 0 unspecified atom stereocenters. The first-order valence-electron chi connectivity index (χ1n) is 6.32. The summed E-state index contributed by atoms with van der Waals surface area (Å²) in [5, 5.41) is 6.46. The molecule has 22 heavy (non-hydrogen) atoms. The summed E-state index contributed by atoms with van der Waals surface area (Å²) >= 11 is 0. The number of halogens is 3. The SMILES string of the molecule is CCCc1cc(NS(=O)(=O)c2ccc(C(F)(F)F)nc2)n[nH]1. The van der Waals surface area contributed by atoms with Gasteiger partial charge in [0.15, 0.2) is 5.82 Å². The number of aryl methyl sites for hydroxylation is 1. The van der Waals surface area contributed by atoms with E-state index in [0.29, 0.717) is 18.7 Å². The van der Waals surface area contributed by atoms with Crippen LogP contribution in [0.1, 0.15) is 24.7 Å². The second-order valence-corrected chi connectivity index (χ2v) is 6.19. The van der Waals surface area contributed by atoms with E-state index in [0.717, 1.165) is 18.2 Å². The van der Waals surface area contributed by atoms with Crippen LogP contribution < -0.4 is 4.72 Å². The van der Waals surface area contributed by atoms with Crippen LogP contribution in [-0.4, -0.2) is 23.6 Å². The van der Waals surface area contributed by atoms with Crippen LogP contribution in [0.25, 0.3) is 0 Å². The van der Waals surface area contributed by atoms with Gasteiger partial charge in [0.25, 0.3) is 10.0 Å². The van der Waals surface area contributed by atoms with E-state index < -0.39 is 21.9 Å². The third kappa shape index (κ3) is 3.75. The second-order valence-electron chi connectivity index (χ2n) is 4.51. The highest BCUT2D eigenvalue weighted by molar-refractivity contribution is 7.92. The van der Waals surface area contributed by atoms with Crippen LogP contribution in [0.4, 0.5) is 19.0 Å². The maximum absolute atomic E-state index is 12.4. The average Bonchev–Trinajstić information content (AvgIpc) is 2.85. The fraction of sp³-hybridized carbons (Fsp3) is 0.333. The fourth-order valence-corrected chi connectivity index (χ4v) is 2.65. The smallest absolute Gasteiger partial charge is 0.280 e. The van der Waals surface area contributed by atoms with Crippen LogP contribution in [0, 0.1) is 0 Å². The minimum atomic E-state index is -4.62. The zero-order valence-electron chi connectivity index (χ0n) is 11.5. The van der Waals surface area contributed by atoms with Crippen LogP contribution in [0.2, 0.25) is 0 Å². The summed E-state index contributed by atoms with van der Waals surface area (Å²) in [6.45, 7) is 1.96. The van der Waals surface area contributed by atoms with Gasteiger partial charge >= 0.3 is 6.18 Å². The van der Waals surface area contributed by atoms with Crippen molar-refractivity contribution in [2.45, 2.75) is 30.8 Å². The Bertz CT molecular complexity index is 738. The minimum absolute atomic E-state index is 0.0725. The van der Waals surface area contributed by atoms with E-state index in [4.69, 9.17) is 0 Å². The molecule has 0 saturated carbocycles. The van der Waals surface area contributed by atoms with E-state index in [-0.39, 0.29) is 10.7 Å². The number of nitrogens with zero attached hydrogens (tertiary/aromatic N) is 2. The molecular weight excluding hydrogens is 321 g/mol. The maximum Gasteiger partial charge on any atom is 0.433 e. The van der Waals surface area contributed by atoms with Crippen LogP contribution in [0.15, 0.2) is 29.3 Å². The van der Waals surface area contributed by atoms with Gasteiger partial charge in [-0.1, -0.05) is 13.3 Å². The van der Waals surface area contributed by atoms with Gasteiger partial charge in [-0.3, -0.25) is 14.8 Å². The van der Waals surface area contributed by atoms with Gasteiger partial charge in [0.1, 0.15) is 10.6 Å². The molecule has 0 bridgehead atoms. The number of hydrogen-bond donors (Lipinski definition) is 2. The number of aromatic nitrogens is 3. The van der Waals surface area contributed by atoms with Gasteiger partial charge < -0.3 is 0 Å². The van der Waals surface area contributed by atoms with Gasteiger partial charge in [0.05, 0.1) is 0 Å². The summed E-state index contributed by atoms with van der Waals surface area (Å²) < 4.78 is 63.5. The predicted molar refractivity (Wildman–Crippen MR) is 72.6 cm³/mol. The molecule has 2 aromatic heterocycles. The quantitative estimate of drug-likeness (QED) is 0.880. The third-order valence-electron chi connectivity index (χ3n) is 2.73. The third-order valence-corrected chi connectivity index (χ3v) is 4.07. The Morgan fingerprint density at radius 3 is 2.59 bits per heavy atom. The Morgan fingerprint density at radius 1 is 1.32 bits per heavy atom. The molecule has 0 aliphatic carbocycles. The van der Waals surface area contributed by atoms with Gasteiger partial charge in [-0.2, -0.15) is 18.3 Å². The van der Waals surface area contributed by atoms with Crippen LogP contribution in [0.3, 0.4) is 0 Å². The molecule has 2 N–H and O–H groups in total. The van der Waals surface area contributed by atoms with Crippen molar-refractivity contribution >= 4 is 15.8 Å². The molecule has 2 aromatic rings. The molecule has 2 heterocycles. The molecule has 0 atom stereocenters. The number of pyridine rings is 1. The number of sulfonamides is 1. The normalized spacial score (nSPS) is 12.4. The van der Waals surface area contributed by atoms with Crippen LogP contribution >= 0.6 is 0 Å². The molecule has 0 saturated heterocycles. The van der Waals surface area contributed by atoms with Crippen molar-refractivity contribution in [2.24, 2.45) is 0 Å². The lowest BCUT2D eigenvalue weighted by Crippen LogP contribution is -2.15. The molecule has 0 spiro atoms. The van der Waals surface area contributed by atoms with E-state index in [1.807, 2.05) is 6.92 Å². The average molecular weight is 334 g/mol. The molecule has 2 rings (SSSR count). The van der Waals surface area contributed by atoms with Gasteiger partial charge in [0.2, 0.25) is 0 Å². The van der Waals surface area contributed by atoms with Crippen molar-refractivity contribution in [1.82, 2.24) is 15.2 Å². The van der Waals surface area contributed by atoms with Gasteiger partial charge in [-0.15, -0.1) is 0 Å². The summed E-state index contributed by atoms with van der Waals surface area (Å²) in [4.78, 5) is 2.75. The number of anilines is 1. The Kier molecular flexibility index (Phi) is 4.40. The Balaban J connectivity index is 2.19. The predicted octanol–water partition coefficient (Wildman–Crippen LogP) is 2.58. The van der Waals surface area contributed by atoms with E-state index in [2.05, 4.69) is 19.9 Å². The summed E-state index contributed by atoms with van der Waals surface area (Å²) in [6, 6.07) is 2.98. The monoisotopic (exact) mass is 334 g/mol. The molecule has 120 valence electrons. The fourth-order valence-electron chi connectivity index (χ4n) is 1.71. The number of nitrogens with one attached hydrogen (secondary N) is 2. The molecule has 0 aliphatic rings. The van der Waals surface area contributed by atoms with Crippen LogP contribution in [0.5, 0.6) is 0 Å². The van der Waals surface area contributed by atoms with Crippen molar-refractivity contribution in [3.63, 3.8) is 0 Å². The van der Waals surface area contributed by atoms with Gasteiger partial charge in [0, 0.05) is 18.0 Å². The highest BCUT2D eigenvalue weighted by Gasteiger charge is 2.32. The molecule has 0 aromatic carbocycles. The first kappa shape index (κ1) is 16.3. The van der Waals surface area contributed by atoms with Crippen molar-refractivity contribution < 1.29 is 21.6 Å². The van der Waals surface area contributed by atoms with E-state index >= 15 is 0 Å². The lowest BCUT2D eigenvalue weighted by molar-refractivity contribution is -0.141. The number of alkyl halides is 3. The molecular formula is C12H13F3N4O2S. The number of rotatable bonds is 5. The number of hydrogen-bond acceptors (Lipinski definition) is 4. The summed E-state index contributed by atoms with van der Waals surface area (Å²) in [5.41, 5.74) is -0.401. The summed E-state index contributed by atoms with van der Waals surface area (Å²) in [7, 11) is -4.04. The molecule has 0 amide bonds. The van der Waals surface area contributed by atoms with Crippen molar-refractivity contribution in [3.05, 3.63) is 35.8 Å². The molecule has 6 nitrogen and oxygen atoms in total. The molecule has 0 aliphatic heterocycles. The van der Waals surface area contributed by atoms with Crippen LogP contribution in [-0.2, 0) is 22.6 Å². The first-order chi connectivity index (χ1) is 10.2. The lowest BCUT2D eigenvalue weighted by Gasteiger charge is -2.07. The first-order valence-corrected chi connectivity index (χ1v) is 7.81. The Morgan fingerprint density at radius 2 is 2.05 bits per heavy atom. The second kappa shape index (κ2) is 5.95. The van der Waals surface area contributed by atoms with Gasteiger partial charge in [-0.25, -0.2) is 8.42 Å². The van der Waals surface area contributed by atoms with Crippen molar-refractivity contribution in [2.75, 3.05) is 4.72 Å². The van der Waals surface area contributed by atoms with Gasteiger partial charge in [-0.05, 0) is 18.6 Å². The topological polar surface area (TPSA) is 87.7 Å². The highest BCUT2D eigenvalue weighted by Crippen LogP contribution is 2.28.